The summed E-state index contributed by atoms with van der Waals surface area (Å²) in [6, 6.07) is 2.80. The van der Waals surface area contributed by atoms with Crippen LogP contribution in [0.4, 0.5) is 0 Å². The smallest absolute Gasteiger partial charge is 0.320 e. The van der Waals surface area contributed by atoms with Gasteiger partial charge in [0, 0.05) is 16.7 Å². The van der Waals surface area contributed by atoms with Crippen molar-refractivity contribution in [2.45, 2.75) is 12.5 Å². The van der Waals surface area contributed by atoms with E-state index in [4.69, 9.17) is 10.8 Å². The number of carboxylic acid groups (broad SMARTS) is 1. The van der Waals surface area contributed by atoms with E-state index in [2.05, 4.69) is 5.38 Å². The highest BCUT2D eigenvalue weighted by atomic mass is 32.1. The maximum atomic E-state index is 10.3. The van der Waals surface area contributed by atoms with Gasteiger partial charge in [0.2, 0.25) is 0 Å². The zero-order valence-electron chi connectivity index (χ0n) is 5.78. The van der Waals surface area contributed by atoms with Gasteiger partial charge in [-0.25, -0.2) is 0 Å². The number of nitrogens with two attached hydrogens (primary N) is 1. The molecule has 4 heteroatoms. The number of hydrogen-bond acceptors (Lipinski definition) is 3. The Bertz CT molecular complexity index is 233. The van der Waals surface area contributed by atoms with Crippen LogP contribution < -0.4 is 5.73 Å². The lowest BCUT2D eigenvalue weighted by Crippen LogP contribution is -2.31. The molecule has 0 aromatic carbocycles. The SMILES string of the molecule is N[C@@H](Cc1cc[c]s1)C(=O)O. The highest BCUT2D eigenvalue weighted by Gasteiger charge is 2.11. The minimum absolute atomic E-state index is 0.392. The molecule has 1 rings (SSSR count). The molecule has 0 saturated heterocycles. The predicted octanol–water partition coefficient (Wildman–Crippen LogP) is 0.503. The van der Waals surface area contributed by atoms with Gasteiger partial charge in [0.05, 0.1) is 0 Å². The summed E-state index contributed by atoms with van der Waals surface area (Å²) in [5.74, 6) is -0.960. The summed E-state index contributed by atoms with van der Waals surface area (Å²) >= 11 is 1.40. The highest BCUT2D eigenvalue weighted by Crippen LogP contribution is 2.09. The van der Waals surface area contributed by atoms with Crippen LogP contribution in [0.15, 0.2) is 12.1 Å². The number of thiophene rings is 1. The average molecular weight is 170 g/mol. The summed E-state index contributed by atoms with van der Waals surface area (Å²) in [4.78, 5) is 11.3. The molecule has 0 bridgehead atoms. The second-order valence-electron chi connectivity index (χ2n) is 2.17. The molecule has 0 unspecified atom stereocenters. The molecule has 3 N–H and O–H groups in total. The third-order valence-electron chi connectivity index (χ3n) is 1.27. The molecule has 0 amide bonds. The van der Waals surface area contributed by atoms with Crippen LogP contribution in [0.1, 0.15) is 4.88 Å². The number of rotatable bonds is 3. The van der Waals surface area contributed by atoms with Crippen molar-refractivity contribution in [3.8, 4) is 0 Å². The van der Waals surface area contributed by atoms with Gasteiger partial charge in [0.1, 0.15) is 6.04 Å². The van der Waals surface area contributed by atoms with Crippen LogP contribution in [-0.4, -0.2) is 17.1 Å². The van der Waals surface area contributed by atoms with Crippen LogP contribution in [0.5, 0.6) is 0 Å². The van der Waals surface area contributed by atoms with Gasteiger partial charge in [-0.3, -0.25) is 4.79 Å². The molecule has 0 saturated carbocycles. The van der Waals surface area contributed by atoms with Crippen molar-refractivity contribution in [2.24, 2.45) is 5.73 Å². The predicted molar refractivity (Wildman–Crippen MR) is 42.5 cm³/mol. The highest BCUT2D eigenvalue weighted by molar-refractivity contribution is 7.09. The van der Waals surface area contributed by atoms with Gasteiger partial charge in [-0.2, -0.15) is 0 Å². The molecule has 59 valence electrons. The fourth-order valence-electron chi connectivity index (χ4n) is 0.684. The Morgan fingerprint density at radius 1 is 1.91 bits per heavy atom. The van der Waals surface area contributed by atoms with E-state index in [1.165, 1.54) is 11.3 Å². The molecule has 0 aliphatic rings. The Balaban J connectivity index is 2.50. The Morgan fingerprint density at radius 3 is 3.09 bits per heavy atom. The van der Waals surface area contributed by atoms with Crippen LogP contribution in [0.25, 0.3) is 0 Å². The number of carbonyl (C=O) groups is 1. The third-order valence-corrected chi connectivity index (χ3v) is 2.08. The van der Waals surface area contributed by atoms with E-state index in [1.54, 1.807) is 6.07 Å². The summed E-state index contributed by atoms with van der Waals surface area (Å²) in [7, 11) is 0. The fraction of sp³-hybridized carbons (Fsp3) is 0.286. The zero-order valence-corrected chi connectivity index (χ0v) is 6.60. The Morgan fingerprint density at radius 2 is 2.64 bits per heavy atom. The van der Waals surface area contributed by atoms with Crippen molar-refractivity contribution in [1.29, 1.82) is 0 Å². The number of hydrogen-bond donors (Lipinski definition) is 2. The Labute approximate surface area is 68.5 Å². The third kappa shape index (κ3) is 2.32. The lowest BCUT2D eigenvalue weighted by Gasteiger charge is -2.02. The maximum absolute atomic E-state index is 10.3. The average Bonchev–Trinajstić information content (AvgIpc) is 2.39. The Hall–Kier alpha value is -0.870. The van der Waals surface area contributed by atoms with Crippen LogP contribution in [0, 0.1) is 5.38 Å². The quantitative estimate of drug-likeness (QED) is 0.694. The van der Waals surface area contributed by atoms with Crippen molar-refractivity contribution >= 4 is 17.3 Å². The molecule has 0 aliphatic carbocycles. The molecule has 11 heavy (non-hydrogen) atoms. The van der Waals surface area contributed by atoms with Crippen LogP contribution in [-0.2, 0) is 11.2 Å². The Kier molecular flexibility index (Phi) is 2.62. The van der Waals surface area contributed by atoms with E-state index >= 15 is 0 Å². The largest absolute Gasteiger partial charge is 0.480 e. The van der Waals surface area contributed by atoms with Gasteiger partial charge in [0.15, 0.2) is 0 Å². The summed E-state index contributed by atoms with van der Waals surface area (Å²) in [6.07, 6.45) is 0.392. The molecule has 3 nitrogen and oxygen atoms in total. The summed E-state index contributed by atoms with van der Waals surface area (Å²) in [5, 5.41) is 11.3. The van der Waals surface area contributed by atoms with E-state index < -0.39 is 12.0 Å². The molecule has 1 radical (unpaired) electrons. The number of aliphatic carboxylic acids is 1. The minimum Gasteiger partial charge on any atom is -0.480 e. The van der Waals surface area contributed by atoms with Crippen molar-refractivity contribution in [3.63, 3.8) is 0 Å². The molecule has 0 aliphatic heterocycles. The molecule has 1 aromatic heterocycles. The summed E-state index contributed by atoms with van der Waals surface area (Å²) in [5.41, 5.74) is 5.30. The monoisotopic (exact) mass is 170 g/mol. The first kappa shape index (κ1) is 8.23. The first-order chi connectivity index (χ1) is 5.20. The van der Waals surface area contributed by atoms with Gasteiger partial charge >= 0.3 is 5.97 Å². The van der Waals surface area contributed by atoms with E-state index in [-0.39, 0.29) is 0 Å². The van der Waals surface area contributed by atoms with Crippen molar-refractivity contribution in [3.05, 3.63) is 22.4 Å². The van der Waals surface area contributed by atoms with Gasteiger partial charge in [-0.15, -0.1) is 11.3 Å². The maximum Gasteiger partial charge on any atom is 0.320 e. The van der Waals surface area contributed by atoms with Gasteiger partial charge < -0.3 is 10.8 Å². The molecule has 0 spiro atoms. The van der Waals surface area contributed by atoms with E-state index in [9.17, 15) is 4.79 Å². The van der Waals surface area contributed by atoms with Crippen molar-refractivity contribution < 1.29 is 9.90 Å². The van der Waals surface area contributed by atoms with Gasteiger partial charge in [-0.1, -0.05) is 0 Å². The minimum atomic E-state index is -0.960. The van der Waals surface area contributed by atoms with Crippen LogP contribution in [0.3, 0.4) is 0 Å². The standard InChI is InChI=1S/C7H8NO2S/c8-6(7(9)10)4-5-2-1-3-11-5/h1-2,6H,4,8H2,(H,9,10)/t6-/m0/s1. The first-order valence-corrected chi connectivity index (χ1v) is 3.95. The van der Waals surface area contributed by atoms with Crippen molar-refractivity contribution in [2.75, 3.05) is 0 Å². The lowest BCUT2D eigenvalue weighted by atomic mass is 10.2. The molecule has 1 heterocycles. The normalized spacial score (nSPS) is 12.8. The van der Waals surface area contributed by atoms with Gasteiger partial charge in [0.25, 0.3) is 0 Å². The van der Waals surface area contributed by atoms with E-state index in [0.29, 0.717) is 6.42 Å². The summed E-state index contributed by atoms with van der Waals surface area (Å²) in [6.45, 7) is 0. The van der Waals surface area contributed by atoms with E-state index in [0.717, 1.165) is 4.88 Å². The van der Waals surface area contributed by atoms with Crippen LogP contribution in [0.2, 0.25) is 0 Å². The van der Waals surface area contributed by atoms with Crippen LogP contribution >= 0.6 is 11.3 Å². The molecule has 1 aromatic rings. The molecule has 1 atom stereocenters. The molecular formula is C7H8NO2S. The second kappa shape index (κ2) is 3.50. The topological polar surface area (TPSA) is 63.3 Å². The molecule has 0 fully saturated rings. The van der Waals surface area contributed by atoms with Gasteiger partial charge in [-0.05, 0) is 12.1 Å². The summed E-state index contributed by atoms with van der Waals surface area (Å²) < 4.78 is 0. The second-order valence-corrected chi connectivity index (χ2v) is 3.13. The van der Waals surface area contributed by atoms with Crippen molar-refractivity contribution in [1.82, 2.24) is 0 Å². The van der Waals surface area contributed by atoms with E-state index in [1.807, 2.05) is 6.07 Å². The lowest BCUT2D eigenvalue weighted by molar-refractivity contribution is -0.138. The molecular weight excluding hydrogens is 162 g/mol. The zero-order chi connectivity index (χ0) is 8.27. The fourth-order valence-corrected chi connectivity index (χ4v) is 1.37. The first-order valence-electron chi connectivity index (χ1n) is 3.13. The number of carboxylic acids is 1.